The lowest BCUT2D eigenvalue weighted by Gasteiger charge is -2.46. The van der Waals surface area contributed by atoms with Gasteiger partial charge in [-0.1, -0.05) is 13.8 Å². The largest absolute Gasteiger partial charge is 0.363 e. The van der Waals surface area contributed by atoms with Crippen molar-refractivity contribution in [1.29, 1.82) is 0 Å². The summed E-state index contributed by atoms with van der Waals surface area (Å²) in [6.45, 7) is 7.18. The standard InChI is InChI=1S/C16H21BrF2N2/c1-10(2)16-9-20-5-3-4-11(20)8-21(16)15-7-13(18)12(17)6-14(15)19/h6-7,10-11,16H,3-5,8-9H2,1-2H3. The molecule has 2 unspecified atom stereocenters. The van der Waals surface area contributed by atoms with E-state index in [-0.39, 0.29) is 16.3 Å². The highest BCUT2D eigenvalue weighted by atomic mass is 79.9. The predicted molar refractivity (Wildman–Crippen MR) is 84.6 cm³/mol. The summed E-state index contributed by atoms with van der Waals surface area (Å²) in [7, 11) is 0. The van der Waals surface area contributed by atoms with Gasteiger partial charge in [-0.3, -0.25) is 4.90 Å². The van der Waals surface area contributed by atoms with Crippen LogP contribution in [0.5, 0.6) is 0 Å². The Bertz CT molecular complexity index is 535. The molecule has 0 N–H and O–H groups in total. The maximum Gasteiger partial charge on any atom is 0.147 e. The molecule has 2 fully saturated rings. The summed E-state index contributed by atoms with van der Waals surface area (Å²) >= 11 is 3.05. The maximum absolute atomic E-state index is 14.3. The number of benzene rings is 1. The van der Waals surface area contributed by atoms with Gasteiger partial charge in [-0.25, -0.2) is 8.78 Å². The smallest absolute Gasteiger partial charge is 0.147 e. The molecule has 1 aromatic rings. The highest BCUT2D eigenvalue weighted by Gasteiger charge is 2.38. The van der Waals surface area contributed by atoms with E-state index >= 15 is 0 Å². The summed E-state index contributed by atoms with van der Waals surface area (Å²) in [5, 5.41) is 0. The number of anilines is 1. The molecule has 0 spiro atoms. The minimum atomic E-state index is -0.400. The molecule has 2 heterocycles. The second kappa shape index (κ2) is 5.84. The van der Waals surface area contributed by atoms with Gasteiger partial charge in [0.05, 0.1) is 10.2 Å². The molecule has 5 heteroatoms. The quantitative estimate of drug-likeness (QED) is 0.736. The fourth-order valence-corrected chi connectivity index (χ4v) is 3.94. The maximum atomic E-state index is 14.3. The third-order valence-electron chi connectivity index (χ3n) is 4.80. The van der Waals surface area contributed by atoms with Crippen LogP contribution in [0.3, 0.4) is 0 Å². The minimum Gasteiger partial charge on any atom is -0.363 e. The SMILES string of the molecule is CC(C)C1CN2CCCC2CN1c1cc(F)c(Br)cc1F. The van der Waals surface area contributed by atoms with Gasteiger partial charge in [0.25, 0.3) is 0 Å². The monoisotopic (exact) mass is 358 g/mol. The molecule has 0 radical (unpaired) electrons. The average Bonchev–Trinajstić information content (AvgIpc) is 2.88. The normalized spacial score (nSPS) is 26.5. The Labute approximate surface area is 133 Å². The van der Waals surface area contributed by atoms with Gasteiger partial charge >= 0.3 is 0 Å². The van der Waals surface area contributed by atoms with Crippen LogP contribution >= 0.6 is 15.9 Å². The number of nitrogens with zero attached hydrogens (tertiary/aromatic N) is 2. The first-order valence-electron chi connectivity index (χ1n) is 7.62. The molecule has 2 atom stereocenters. The van der Waals surface area contributed by atoms with Crippen molar-refractivity contribution in [3.63, 3.8) is 0 Å². The molecule has 2 saturated heterocycles. The molecule has 0 aromatic heterocycles. The fourth-order valence-electron chi connectivity index (χ4n) is 3.62. The number of piperazine rings is 1. The van der Waals surface area contributed by atoms with Crippen molar-refractivity contribution in [2.75, 3.05) is 24.5 Å². The molecule has 1 aromatic carbocycles. The van der Waals surface area contributed by atoms with E-state index in [0.29, 0.717) is 17.6 Å². The van der Waals surface area contributed by atoms with Crippen molar-refractivity contribution in [1.82, 2.24) is 4.90 Å². The van der Waals surface area contributed by atoms with Crippen LogP contribution in [0.4, 0.5) is 14.5 Å². The van der Waals surface area contributed by atoms with Gasteiger partial charge < -0.3 is 4.90 Å². The summed E-state index contributed by atoms with van der Waals surface area (Å²) in [4.78, 5) is 4.59. The molecular weight excluding hydrogens is 338 g/mol. The Balaban J connectivity index is 1.96. The lowest BCUT2D eigenvalue weighted by molar-refractivity contribution is 0.176. The Morgan fingerprint density at radius 2 is 1.95 bits per heavy atom. The zero-order valence-electron chi connectivity index (χ0n) is 12.5. The van der Waals surface area contributed by atoms with Crippen molar-refractivity contribution >= 4 is 21.6 Å². The van der Waals surface area contributed by atoms with E-state index in [0.717, 1.165) is 26.1 Å². The average molecular weight is 359 g/mol. The first-order valence-corrected chi connectivity index (χ1v) is 8.42. The molecule has 2 aliphatic rings. The first-order chi connectivity index (χ1) is 9.97. The summed E-state index contributed by atoms with van der Waals surface area (Å²) in [5.41, 5.74) is 0.404. The highest BCUT2D eigenvalue weighted by Crippen LogP contribution is 2.34. The van der Waals surface area contributed by atoms with Crippen molar-refractivity contribution in [3.8, 4) is 0 Å². The highest BCUT2D eigenvalue weighted by molar-refractivity contribution is 9.10. The van der Waals surface area contributed by atoms with Crippen molar-refractivity contribution in [2.24, 2.45) is 5.92 Å². The molecule has 0 amide bonds. The van der Waals surface area contributed by atoms with E-state index in [2.05, 4.69) is 39.6 Å². The van der Waals surface area contributed by atoms with E-state index < -0.39 is 5.82 Å². The molecule has 2 aliphatic heterocycles. The zero-order valence-corrected chi connectivity index (χ0v) is 14.0. The van der Waals surface area contributed by atoms with Gasteiger partial charge in [-0.15, -0.1) is 0 Å². The van der Waals surface area contributed by atoms with Crippen LogP contribution in [-0.4, -0.2) is 36.6 Å². The van der Waals surface area contributed by atoms with Gasteiger partial charge in [0.2, 0.25) is 0 Å². The van der Waals surface area contributed by atoms with Crippen LogP contribution < -0.4 is 4.90 Å². The van der Waals surface area contributed by atoms with Crippen molar-refractivity contribution in [3.05, 3.63) is 28.2 Å². The number of hydrogen-bond donors (Lipinski definition) is 0. The van der Waals surface area contributed by atoms with Crippen LogP contribution in [0, 0.1) is 17.6 Å². The van der Waals surface area contributed by atoms with Crippen LogP contribution in [0.15, 0.2) is 16.6 Å². The zero-order chi connectivity index (χ0) is 15.1. The van der Waals surface area contributed by atoms with E-state index in [1.54, 1.807) is 0 Å². The van der Waals surface area contributed by atoms with E-state index in [9.17, 15) is 8.78 Å². The predicted octanol–water partition coefficient (Wildman–Crippen LogP) is 4.04. The van der Waals surface area contributed by atoms with Crippen LogP contribution in [-0.2, 0) is 0 Å². The Hall–Kier alpha value is -0.680. The Morgan fingerprint density at radius 3 is 2.67 bits per heavy atom. The van der Waals surface area contributed by atoms with E-state index in [1.807, 2.05) is 0 Å². The lowest BCUT2D eigenvalue weighted by Crippen LogP contribution is -2.58. The number of halogens is 3. The Kier molecular flexibility index (Phi) is 4.23. The molecule has 0 bridgehead atoms. The minimum absolute atomic E-state index is 0.185. The summed E-state index contributed by atoms with van der Waals surface area (Å²) in [5.74, 6) is -0.346. The van der Waals surface area contributed by atoms with Crippen LogP contribution in [0.1, 0.15) is 26.7 Å². The lowest BCUT2D eigenvalue weighted by atomic mass is 9.96. The van der Waals surface area contributed by atoms with Gasteiger partial charge in [0.15, 0.2) is 0 Å². The third-order valence-corrected chi connectivity index (χ3v) is 5.40. The van der Waals surface area contributed by atoms with E-state index in [4.69, 9.17) is 0 Å². The summed E-state index contributed by atoms with van der Waals surface area (Å²) in [6, 6.07) is 3.28. The van der Waals surface area contributed by atoms with Gasteiger partial charge in [-0.05, 0) is 47.3 Å². The molecule has 2 nitrogen and oxygen atoms in total. The number of fused-ring (bicyclic) bond motifs is 1. The molecule has 21 heavy (non-hydrogen) atoms. The molecule has 0 aliphatic carbocycles. The summed E-state index contributed by atoms with van der Waals surface area (Å²) in [6.07, 6.45) is 2.36. The van der Waals surface area contributed by atoms with Crippen LogP contribution in [0.2, 0.25) is 0 Å². The topological polar surface area (TPSA) is 6.48 Å². The second-order valence-corrected chi connectivity index (χ2v) is 7.33. The van der Waals surface area contributed by atoms with Gasteiger partial charge in [0.1, 0.15) is 11.6 Å². The van der Waals surface area contributed by atoms with Gasteiger partial charge in [0, 0.05) is 31.2 Å². The number of hydrogen-bond acceptors (Lipinski definition) is 2. The molecular formula is C16H21BrF2N2. The molecule has 3 rings (SSSR count). The fraction of sp³-hybridized carbons (Fsp3) is 0.625. The third kappa shape index (κ3) is 2.82. The Morgan fingerprint density at radius 1 is 1.19 bits per heavy atom. The van der Waals surface area contributed by atoms with Crippen molar-refractivity contribution in [2.45, 2.75) is 38.8 Å². The number of rotatable bonds is 2. The van der Waals surface area contributed by atoms with Gasteiger partial charge in [-0.2, -0.15) is 0 Å². The second-order valence-electron chi connectivity index (χ2n) is 6.47. The molecule has 0 saturated carbocycles. The molecule has 116 valence electrons. The summed E-state index contributed by atoms with van der Waals surface area (Å²) < 4.78 is 28.4. The van der Waals surface area contributed by atoms with Crippen LogP contribution in [0.25, 0.3) is 0 Å². The first kappa shape index (κ1) is 15.2. The van der Waals surface area contributed by atoms with E-state index in [1.165, 1.54) is 18.6 Å². The van der Waals surface area contributed by atoms with Crippen molar-refractivity contribution < 1.29 is 8.78 Å².